The van der Waals surface area contributed by atoms with Gasteiger partial charge >= 0.3 is 0 Å². The molecule has 1 rings (SSSR count). The Kier molecular flexibility index (Phi) is 4.13. The van der Waals surface area contributed by atoms with Crippen molar-refractivity contribution in [1.82, 2.24) is 4.90 Å². The summed E-state index contributed by atoms with van der Waals surface area (Å²) < 4.78 is 5.09. The lowest BCUT2D eigenvalue weighted by atomic mass is 10.1. The van der Waals surface area contributed by atoms with E-state index in [9.17, 15) is 4.79 Å². The average molecular weight is 224 g/mol. The minimum absolute atomic E-state index is 0.0699. The number of benzene rings is 1. The summed E-state index contributed by atoms with van der Waals surface area (Å²) in [5, 5.41) is 8.76. The number of likely N-dealkylation sites (N-methyl/N-ethyl adjacent to an activating group) is 1. The SMILES string of the molecule is COc1cc(N)ccc1C(=O)N(C)CCO. The molecule has 1 amide bonds. The van der Waals surface area contributed by atoms with Crippen LogP contribution in [0.2, 0.25) is 0 Å². The predicted octanol–water partition coefficient (Wildman–Crippen LogP) is 0.342. The van der Waals surface area contributed by atoms with Gasteiger partial charge in [-0.05, 0) is 12.1 Å². The highest BCUT2D eigenvalue weighted by Crippen LogP contribution is 2.22. The fourth-order valence-corrected chi connectivity index (χ4v) is 1.34. The molecule has 0 bridgehead atoms. The van der Waals surface area contributed by atoms with Crippen LogP contribution < -0.4 is 10.5 Å². The molecule has 0 radical (unpaired) electrons. The summed E-state index contributed by atoms with van der Waals surface area (Å²) in [5.74, 6) is 0.237. The number of aliphatic hydroxyl groups is 1. The molecular weight excluding hydrogens is 208 g/mol. The molecule has 0 aliphatic carbocycles. The minimum atomic E-state index is -0.203. The number of nitrogens with two attached hydrogens (primary N) is 1. The van der Waals surface area contributed by atoms with Gasteiger partial charge in [-0.15, -0.1) is 0 Å². The molecule has 0 fully saturated rings. The highest BCUT2D eigenvalue weighted by molar-refractivity contribution is 5.97. The van der Waals surface area contributed by atoms with E-state index in [1.54, 1.807) is 25.2 Å². The molecule has 0 aliphatic heterocycles. The van der Waals surface area contributed by atoms with Crippen LogP contribution in [-0.4, -0.2) is 43.2 Å². The van der Waals surface area contributed by atoms with Crippen LogP contribution in [0.15, 0.2) is 18.2 Å². The number of aliphatic hydroxyl groups excluding tert-OH is 1. The molecule has 16 heavy (non-hydrogen) atoms. The van der Waals surface area contributed by atoms with Crippen molar-refractivity contribution in [2.75, 3.05) is 33.0 Å². The Labute approximate surface area is 94.4 Å². The van der Waals surface area contributed by atoms with Gasteiger partial charge in [-0.25, -0.2) is 0 Å². The number of anilines is 1. The lowest BCUT2D eigenvalue weighted by molar-refractivity contribution is 0.0763. The molecular formula is C11H16N2O3. The molecule has 0 saturated carbocycles. The molecule has 0 aliphatic rings. The molecule has 88 valence electrons. The fraction of sp³-hybridized carbons (Fsp3) is 0.364. The molecule has 5 nitrogen and oxygen atoms in total. The normalized spacial score (nSPS) is 9.94. The molecule has 0 spiro atoms. The van der Waals surface area contributed by atoms with Crippen LogP contribution in [0.1, 0.15) is 10.4 Å². The second-order valence-electron chi connectivity index (χ2n) is 3.41. The first-order chi connectivity index (χ1) is 7.60. The van der Waals surface area contributed by atoms with Crippen LogP contribution in [0.5, 0.6) is 5.75 Å². The number of hydrogen-bond acceptors (Lipinski definition) is 4. The van der Waals surface area contributed by atoms with Crippen LogP contribution in [0.4, 0.5) is 5.69 Å². The Morgan fingerprint density at radius 1 is 1.56 bits per heavy atom. The Morgan fingerprint density at radius 2 is 2.25 bits per heavy atom. The maximum absolute atomic E-state index is 11.9. The number of ether oxygens (including phenoxy) is 1. The summed E-state index contributed by atoms with van der Waals surface area (Å²) >= 11 is 0. The number of carbonyl (C=O) groups is 1. The Balaban J connectivity index is 2.98. The van der Waals surface area contributed by atoms with E-state index in [2.05, 4.69) is 0 Å². The van der Waals surface area contributed by atoms with Crippen molar-refractivity contribution in [3.63, 3.8) is 0 Å². The third-order valence-electron chi connectivity index (χ3n) is 2.24. The average Bonchev–Trinajstić information content (AvgIpc) is 2.28. The highest BCUT2D eigenvalue weighted by atomic mass is 16.5. The molecule has 0 unspecified atom stereocenters. The Morgan fingerprint density at radius 3 is 2.81 bits per heavy atom. The summed E-state index contributed by atoms with van der Waals surface area (Å²) in [6.07, 6.45) is 0. The summed E-state index contributed by atoms with van der Waals surface area (Å²) in [7, 11) is 3.10. The van der Waals surface area contributed by atoms with E-state index in [-0.39, 0.29) is 19.1 Å². The molecule has 0 atom stereocenters. The van der Waals surface area contributed by atoms with Gasteiger partial charge in [-0.1, -0.05) is 0 Å². The van der Waals surface area contributed by atoms with Gasteiger partial charge in [-0.2, -0.15) is 0 Å². The topological polar surface area (TPSA) is 75.8 Å². The van der Waals surface area contributed by atoms with Gasteiger partial charge in [0.2, 0.25) is 0 Å². The van der Waals surface area contributed by atoms with Crippen molar-refractivity contribution in [2.24, 2.45) is 0 Å². The van der Waals surface area contributed by atoms with E-state index in [1.807, 2.05) is 0 Å². The molecule has 1 aromatic carbocycles. The Hall–Kier alpha value is -1.75. The van der Waals surface area contributed by atoms with Crippen LogP contribution in [0, 0.1) is 0 Å². The van der Waals surface area contributed by atoms with Crippen molar-refractivity contribution in [3.05, 3.63) is 23.8 Å². The predicted molar refractivity (Wildman–Crippen MR) is 61.5 cm³/mol. The fourth-order valence-electron chi connectivity index (χ4n) is 1.34. The van der Waals surface area contributed by atoms with Gasteiger partial charge < -0.3 is 20.5 Å². The number of nitrogen functional groups attached to an aromatic ring is 1. The summed E-state index contributed by atoms with van der Waals surface area (Å²) in [5.41, 5.74) is 6.57. The molecule has 0 aromatic heterocycles. The van der Waals surface area contributed by atoms with Crippen molar-refractivity contribution in [3.8, 4) is 5.75 Å². The largest absolute Gasteiger partial charge is 0.496 e. The second kappa shape index (κ2) is 5.37. The first kappa shape index (κ1) is 12.3. The van der Waals surface area contributed by atoms with Crippen molar-refractivity contribution in [1.29, 1.82) is 0 Å². The molecule has 3 N–H and O–H groups in total. The summed E-state index contributed by atoms with van der Waals surface area (Å²) in [4.78, 5) is 13.3. The number of amides is 1. The lowest BCUT2D eigenvalue weighted by Gasteiger charge is -2.17. The van der Waals surface area contributed by atoms with Crippen molar-refractivity contribution < 1.29 is 14.6 Å². The number of rotatable bonds is 4. The minimum Gasteiger partial charge on any atom is -0.496 e. The monoisotopic (exact) mass is 224 g/mol. The third-order valence-corrected chi connectivity index (χ3v) is 2.24. The lowest BCUT2D eigenvalue weighted by Crippen LogP contribution is -2.29. The van der Waals surface area contributed by atoms with E-state index < -0.39 is 0 Å². The van der Waals surface area contributed by atoms with E-state index in [0.29, 0.717) is 17.0 Å². The molecule has 0 saturated heterocycles. The van der Waals surface area contributed by atoms with E-state index in [4.69, 9.17) is 15.6 Å². The van der Waals surface area contributed by atoms with Gasteiger partial charge in [0.05, 0.1) is 19.3 Å². The molecule has 0 heterocycles. The van der Waals surface area contributed by atoms with Gasteiger partial charge in [0.1, 0.15) is 5.75 Å². The summed E-state index contributed by atoms with van der Waals surface area (Å²) in [6, 6.07) is 4.85. The van der Waals surface area contributed by atoms with Crippen molar-refractivity contribution >= 4 is 11.6 Å². The zero-order valence-corrected chi connectivity index (χ0v) is 9.43. The van der Waals surface area contributed by atoms with E-state index >= 15 is 0 Å². The number of carbonyl (C=O) groups excluding carboxylic acids is 1. The molecule has 1 aromatic rings. The van der Waals surface area contributed by atoms with E-state index in [0.717, 1.165) is 0 Å². The quantitative estimate of drug-likeness (QED) is 0.723. The van der Waals surface area contributed by atoms with Crippen LogP contribution in [-0.2, 0) is 0 Å². The zero-order valence-electron chi connectivity index (χ0n) is 9.43. The van der Waals surface area contributed by atoms with E-state index in [1.165, 1.54) is 12.0 Å². The first-order valence-electron chi connectivity index (χ1n) is 4.90. The summed E-state index contributed by atoms with van der Waals surface area (Å²) in [6.45, 7) is 0.214. The first-order valence-corrected chi connectivity index (χ1v) is 4.90. The highest BCUT2D eigenvalue weighted by Gasteiger charge is 2.16. The van der Waals surface area contributed by atoms with Crippen molar-refractivity contribution in [2.45, 2.75) is 0 Å². The van der Waals surface area contributed by atoms with Crippen LogP contribution >= 0.6 is 0 Å². The van der Waals surface area contributed by atoms with Gasteiger partial charge in [0.25, 0.3) is 5.91 Å². The third kappa shape index (κ3) is 2.64. The number of hydrogen-bond donors (Lipinski definition) is 2. The number of methoxy groups -OCH3 is 1. The number of nitrogens with zero attached hydrogens (tertiary/aromatic N) is 1. The van der Waals surface area contributed by atoms with Crippen LogP contribution in [0.3, 0.4) is 0 Å². The smallest absolute Gasteiger partial charge is 0.257 e. The van der Waals surface area contributed by atoms with Gasteiger partial charge in [0, 0.05) is 25.3 Å². The maximum atomic E-state index is 11.9. The van der Waals surface area contributed by atoms with Crippen LogP contribution in [0.25, 0.3) is 0 Å². The van der Waals surface area contributed by atoms with Gasteiger partial charge in [0.15, 0.2) is 0 Å². The Bertz CT molecular complexity index is 379. The molecule has 5 heteroatoms. The van der Waals surface area contributed by atoms with Gasteiger partial charge in [-0.3, -0.25) is 4.79 Å². The standard InChI is InChI=1S/C11H16N2O3/c1-13(5-6-14)11(15)9-4-3-8(12)7-10(9)16-2/h3-4,7,14H,5-6,12H2,1-2H3. The zero-order chi connectivity index (χ0) is 12.1. The maximum Gasteiger partial charge on any atom is 0.257 e. The second-order valence-corrected chi connectivity index (χ2v) is 3.41.